The standard InChI is InChI=1S/C24H34N6O2/c1-16-13-29(9-10-30(16)17(2)14-31-4)22-12-21(27-15-28-22)23(26)19-11-18(5-6-20(19)25)32-24(3)7-8-24/h5-6,11-12,15-17,26H,7-10,13-14,25H2,1-4H3/t16-,17?/m1/s1. The predicted molar refractivity (Wildman–Crippen MR) is 127 cm³/mol. The summed E-state index contributed by atoms with van der Waals surface area (Å²) in [4.78, 5) is 13.6. The van der Waals surface area contributed by atoms with Crippen molar-refractivity contribution in [2.45, 2.75) is 51.3 Å². The van der Waals surface area contributed by atoms with Gasteiger partial charge in [0, 0.05) is 56.1 Å². The van der Waals surface area contributed by atoms with Crippen LogP contribution in [-0.2, 0) is 4.74 Å². The maximum absolute atomic E-state index is 8.77. The Bertz CT molecular complexity index is 977. The van der Waals surface area contributed by atoms with Gasteiger partial charge in [-0.2, -0.15) is 0 Å². The molecule has 1 saturated heterocycles. The monoisotopic (exact) mass is 438 g/mol. The Labute approximate surface area is 190 Å². The average molecular weight is 439 g/mol. The van der Waals surface area contributed by atoms with Gasteiger partial charge in [-0.05, 0) is 51.8 Å². The topological polar surface area (TPSA) is 101 Å². The van der Waals surface area contributed by atoms with E-state index in [1.807, 2.05) is 18.2 Å². The highest BCUT2D eigenvalue weighted by Gasteiger charge is 2.40. The van der Waals surface area contributed by atoms with Crippen molar-refractivity contribution in [2.75, 3.05) is 44.0 Å². The van der Waals surface area contributed by atoms with Gasteiger partial charge in [-0.15, -0.1) is 0 Å². The van der Waals surface area contributed by atoms with Crippen LogP contribution in [0.15, 0.2) is 30.6 Å². The molecule has 8 nitrogen and oxygen atoms in total. The molecule has 8 heteroatoms. The van der Waals surface area contributed by atoms with Crippen LogP contribution in [0.3, 0.4) is 0 Å². The molecular weight excluding hydrogens is 404 g/mol. The minimum Gasteiger partial charge on any atom is -0.488 e. The van der Waals surface area contributed by atoms with E-state index in [2.05, 4.69) is 40.5 Å². The third-order valence-corrected chi connectivity index (χ3v) is 6.50. The molecule has 0 bridgehead atoms. The number of hydrogen-bond acceptors (Lipinski definition) is 8. The second-order valence-electron chi connectivity index (χ2n) is 9.27. The Morgan fingerprint density at radius 3 is 2.75 bits per heavy atom. The number of ether oxygens (including phenoxy) is 2. The number of nitrogens with two attached hydrogens (primary N) is 1. The van der Waals surface area contributed by atoms with Crippen molar-refractivity contribution in [1.82, 2.24) is 14.9 Å². The number of piperazine rings is 1. The first kappa shape index (κ1) is 22.5. The van der Waals surface area contributed by atoms with Crippen molar-refractivity contribution in [3.63, 3.8) is 0 Å². The van der Waals surface area contributed by atoms with E-state index in [4.69, 9.17) is 20.6 Å². The molecule has 2 fully saturated rings. The molecule has 0 amide bonds. The molecule has 2 aromatic rings. The van der Waals surface area contributed by atoms with Crippen molar-refractivity contribution in [1.29, 1.82) is 5.41 Å². The van der Waals surface area contributed by atoms with Gasteiger partial charge in [-0.1, -0.05) is 0 Å². The van der Waals surface area contributed by atoms with Crippen molar-refractivity contribution in [3.8, 4) is 5.75 Å². The highest BCUT2D eigenvalue weighted by Crippen LogP contribution is 2.40. The lowest BCUT2D eigenvalue weighted by Gasteiger charge is -2.43. The van der Waals surface area contributed by atoms with Crippen molar-refractivity contribution in [2.24, 2.45) is 0 Å². The minimum atomic E-state index is -0.0861. The van der Waals surface area contributed by atoms with E-state index in [0.717, 1.165) is 50.7 Å². The molecule has 4 rings (SSSR count). The van der Waals surface area contributed by atoms with Crippen LogP contribution in [0.25, 0.3) is 0 Å². The summed E-state index contributed by atoms with van der Waals surface area (Å²) in [5, 5.41) is 8.77. The van der Waals surface area contributed by atoms with Crippen molar-refractivity contribution >= 4 is 17.2 Å². The molecule has 2 aliphatic rings. The number of aromatic nitrogens is 2. The zero-order chi connectivity index (χ0) is 22.9. The number of hydrogen-bond donors (Lipinski definition) is 2. The highest BCUT2D eigenvalue weighted by atomic mass is 16.5. The molecule has 0 spiro atoms. The lowest BCUT2D eigenvalue weighted by Crippen LogP contribution is -2.56. The Morgan fingerprint density at radius 1 is 1.28 bits per heavy atom. The quantitative estimate of drug-likeness (QED) is 0.483. The molecule has 1 aliphatic heterocycles. The normalized spacial score (nSPS) is 21.2. The summed E-state index contributed by atoms with van der Waals surface area (Å²) >= 11 is 0. The fourth-order valence-electron chi connectivity index (χ4n) is 4.34. The van der Waals surface area contributed by atoms with Gasteiger partial charge in [-0.3, -0.25) is 10.3 Å². The molecule has 1 saturated carbocycles. The molecular formula is C24H34N6O2. The predicted octanol–water partition coefficient (Wildman–Crippen LogP) is 2.95. The van der Waals surface area contributed by atoms with Crippen LogP contribution in [0.2, 0.25) is 0 Å². The van der Waals surface area contributed by atoms with E-state index < -0.39 is 0 Å². The SMILES string of the molecule is COCC(C)N1CCN(c2cc(C(=N)c3cc(OC4(C)CC4)ccc3N)ncn2)C[C@H]1C. The molecule has 2 heterocycles. The highest BCUT2D eigenvalue weighted by molar-refractivity contribution is 6.13. The number of benzene rings is 1. The van der Waals surface area contributed by atoms with E-state index in [1.54, 1.807) is 13.2 Å². The Balaban J connectivity index is 1.50. The van der Waals surface area contributed by atoms with Gasteiger partial charge in [0.15, 0.2) is 0 Å². The summed E-state index contributed by atoms with van der Waals surface area (Å²) in [5.41, 5.74) is 8.12. The van der Waals surface area contributed by atoms with Crippen LogP contribution >= 0.6 is 0 Å². The zero-order valence-corrected chi connectivity index (χ0v) is 19.5. The zero-order valence-electron chi connectivity index (χ0n) is 19.5. The largest absolute Gasteiger partial charge is 0.488 e. The van der Waals surface area contributed by atoms with Crippen LogP contribution in [0.1, 0.15) is 44.9 Å². The molecule has 1 aromatic heterocycles. The third-order valence-electron chi connectivity index (χ3n) is 6.50. The van der Waals surface area contributed by atoms with Gasteiger partial charge in [0.25, 0.3) is 0 Å². The Morgan fingerprint density at radius 2 is 2.06 bits per heavy atom. The summed E-state index contributed by atoms with van der Waals surface area (Å²) in [6.07, 6.45) is 3.64. The maximum atomic E-state index is 8.77. The van der Waals surface area contributed by atoms with Gasteiger partial charge in [0.2, 0.25) is 0 Å². The van der Waals surface area contributed by atoms with Gasteiger partial charge in [-0.25, -0.2) is 9.97 Å². The van der Waals surface area contributed by atoms with Crippen molar-refractivity contribution < 1.29 is 9.47 Å². The summed E-state index contributed by atoms with van der Waals surface area (Å²) in [6.45, 7) is 9.92. The fourth-order valence-corrected chi connectivity index (χ4v) is 4.34. The van der Waals surface area contributed by atoms with Gasteiger partial charge in [0.1, 0.15) is 23.5 Å². The third kappa shape index (κ3) is 4.86. The van der Waals surface area contributed by atoms with Crippen LogP contribution in [0.4, 0.5) is 11.5 Å². The molecule has 0 radical (unpaired) electrons. The van der Waals surface area contributed by atoms with Crippen LogP contribution in [0, 0.1) is 5.41 Å². The first-order chi connectivity index (χ1) is 15.3. The molecule has 2 atom stereocenters. The number of methoxy groups -OCH3 is 1. The van der Waals surface area contributed by atoms with E-state index in [0.29, 0.717) is 29.0 Å². The second-order valence-corrected chi connectivity index (χ2v) is 9.27. The van der Waals surface area contributed by atoms with Crippen LogP contribution in [-0.4, -0.2) is 71.6 Å². The first-order valence-electron chi connectivity index (χ1n) is 11.3. The lowest BCUT2D eigenvalue weighted by atomic mass is 10.0. The van der Waals surface area contributed by atoms with E-state index in [-0.39, 0.29) is 11.3 Å². The number of nitrogen functional groups attached to an aromatic ring is 1. The number of nitrogens with zero attached hydrogens (tertiary/aromatic N) is 4. The molecule has 1 aliphatic carbocycles. The summed E-state index contributed by atoms with van der Waals surface area (Å²) in [5.74, 6) is 1.57. The van der Waals surface area contributed by atoms with E-state index >= 15 is 0 Å². The Hall–Kier alpha value is -2.71. The van der Waals surface area contributed by atoms with E-state index in [9.17, 15) is 0 Å². The smallest absolute Gasteiger partial charge is 0.132 e. The average Bonchev–Trinajstić information content (AvgIpc) is 3.51. The van der Waals surface area contributed by atoms with Gasteiger partial charge < -0.3 is 20.1 Å². The molecule has 172 valence electrons. The number of nitrogens with one attached hydrogen (secondary N) is 1. The number of anilines is 2. The van der Waals surface area contributed by atoms with Gasteiger partial charge >= 0.3 is 0 Å². The maximum Gasteiger partial charge on any atom is 0.132 e. The van der Waals surface area contributed by atoms with Gasteiger partial charge in [0.05, 0.1) is 18.0 Å². The molecule has 1 unspecified atom stereocenters. The van der Waals surface area contributed by atoms with Crippen LogP contribution in [0.5, 0.6) is 5.75 Å². The summed E-state index contributed by atoms with van der Waals surface area (Å²) in [7, 11) is 1.75. The molecule has 1 aromatic carbocycles. The van der Waals surface area contributed by atoms with E-state index in [1.165, 1.54) is 6.33 Å². The lowest BCUT2D eigenvalue weighted by molar-refractivity contribution is 0.0678. The van der Waals surface area contributed by atoms with Crippen molar-refractivity contribution in [3.05, 3.63) is 41.9 Å². The number of rotatable bonds is 8. The molecule has 3 N–H and O–H groups in total. The summed E-state index contributed by atoms with van der Waals surface area (Å²) in [6, 6.07) is 8.16. The fraction of sp³-hybridized carbons (Fsp3) is 0.542. The second kappa shape index (κ2) is 9.03. The van der Waals surface area contributed by atoms with Crippen LogP contribution < -0.4 is 15.4 Å². The molecule has 32 heavy (non-hydrogen) atoms. The first-order valence-corrected chi connectivity index (χ1v) is 11.3. The Kier molecular flexibility index (Phi) is 6.35. The summed E-state index contributed by atoms with van der Waals surface area (Å²) < 4.78 is 11.4. The minimum absolute atomic E-state index is 0.0861.